The zero-order valence-electron chi connectivity index (χ0n) is 13.5. The number of hydrogen-bond donors (Lipinski definition) is 1. The minimum atomic E-state index is -0.0995. The number of nitrogen functional groups attached to an aromatic ring is 1. The van der Waals surface area contributed by atoms with E-state index in [0.29, 0.717) is 0 Å². The summed E-state index contributed by atoms with van der Waals surface area (Å²) >= 11 is 0. The Morgan fingerprint density at radius 1 is 1.23 bits per heavy atom. The fraction of sp³-hybridized carbons (Fsp3) is 0.625. The van der Waals surface area contributed by atoms with E-state index >= 15 is 0 Å². The zero-order valence-corrected chi connectivity index (χ0v) is 13.5. The van der Waals surface area contributed by atoms with E-state index in [1.54, 1.807) is 4.90 Å². The van der Waals surface area contributed by atoms with E-state index in [2.05, 4.69) is 9.80 Å². The first kappa shape index (κ1) is 14.9. The molecular formula is C16H25N5O. The summed E-state index contributed by atoms with van der Waals surface area (Å²) in [6, 6.07) is 3.76. The smallest absolute Gasteiger partial charge is 0.244 e. The van der Waals surface area contributed by atoms with Gasteiger partial charge in [-0.1, -0.05) is 0 Å². The Hall–Kier alpha value is -1.98. The minimum Gasteiger partial charge on any atom is -0.396 e. The standard InChI is InChI=1S/C16H25N5O/c1-19(2)16(22)13-6-5-11-21(13)14-8-7-12(17)15(18-14)20-9-3-4-10-20/h7-8,13H,3-6,9-11,17H2,1-2H3. The Morgan fingerprint density at radius 2 is 1.95 bits per heavy atom. The van der Waals surface area contributed by atoms with Gasteiger partial charge in [0.05, 0.1) is 5.69 Å². The highest BCUT2D eigenvalue weighted by Crippen LogP contribution is 2.31. The number of aromatic nitrogens is 1. The van der Waals surface area contributed by atoms with Crippen LogP contribution in [0.4, 0.5) is 17.3 Å². The van der Waals surface area contributed by atoms with E-state index in [4.69, 9.17) is 10.7 Å². The molecule has 0 spiro atoms. The lowest BCUT2D eigenvalue weighted by Gasteiger charge is -2.28. The van der Waals surface area contributed by atoms with Crippen LogP contribution in [0.5, 0.6) is 0 Å². The first-order valence-corrected chi connectivity index (χ1v) is 8.07. The van der Waals surface area contributed by atoms with Gasteiger partial charge in [-0.2, -0.15) is 0 Å². The van der Waals surface area contributed by atoms with Gasteiger partial charge in [0.25, 0.3) is 0 Å². The predicted molar refractivity (Wildman–Crippen MR) is 89.2 cm³/mol. The van der Waals surface area contributed by atoms with Gasteiger partial charge < -0.3 is 20.4 Å². The van der Waals surface area contributed by atoms with Crippen molar-refractivity contribution in [3.05, 3.63) is 12.1 Å². The summed E-state index contributed by atoms with van der Waals surface area (Å²) < 4.78 is 0. The molecule has 1 aromatic heterocycles. The lowest BCUT2D eigenvalue weighted by atomic mass is 10.2. The predicted octanol–water partition coefficient (Wildman–Crippen LogP) is 1.32. The van der Waals surface area contributed by atoms with Gasteiger partial charge in [-0.05, 0) is 37.8 Å². The first-order valence-electron chi connectivity index (χ1n) is 8.07. The average Bonchev–Trinajstić information content (AvgIpc) is 3.18. The van der Waals surface area contributed by atoms with Crippen LogP contribution in [-0.4, -0.2) is 55.6 Å². The summed E-state index contributed by atoms with van der Waals surface area (Å²) in [5.41, 5.74) is 6.84. The molecule has 1 aromatic rings. The third-order valence-corrected chi connectivity index (χ3v) is 4.57. The van der Waals surface area contributed by atoms with Crippen LogP contribution >= 0.6 is 0 Å². The zero-order chi connectivity index (χ0) is 15.7. The Morgan fingerprint density at radius 3 is 2.64 bits per heavy atom. The topological polar surface area (TPSA) is 65.7 Å². The summed E-state index contributed by atoms with van der Waals surface area (Å²) in [5.74, 6) is 1.89. The van der Waals surface area contributed by atoms with Crippen LogP contribution in [0.2, 0.25) is 0 Å². The highest BCUT2D eigenvalue weighted by Gasteiger charge is 2.33. The first-order chi connectivity index (χ1) is 10.6. The molecule has 0 saturated carbocycles. The normalized spacial score (nSPS) is 21.5. The summed E-state index contributed by atoms with van der Waals surface area (Å²) in [7, 11) is 3.62. The molecule has 0 radical (unpaired) electrons. The number of carbonyl (C=O) groups excluding carboxylic acids is 1. The molecule has 1 atom stereocenters. The van der Waals surface area contributed by atoms with E-state index < -0.39 is 0 Å². The number of anilines is 3. The second-order valence-electron chi connectivity index (χ2n) is 6.36. The molecule has 2 N–H and O–H groups in total. The van der Waals surface area contributed by atoms with Crippen molar-refractivity contribution >= 4 is 23.2 Å². The van der Waals surface area contributed by atoms with Crippen molar-refractivity contribution in [3.8, 4) is 0 Å². The largest absolute Gasteiger partial charge is 0.396 e. The maximum Gasteiger partial charge on any atom is 0.244 e. The number of hydrogen-bond acceptors (Lipinski definition) is 5. The van der Waals surface area contributed by atoms with Crippen molar-refractivity contribution < 1.29 is 4.79 Å². The van der Waals surface area contributed by atoms with E-state index in [0.717, 1.165) is 49.8 Å². The molecule has 2 aliphatic heterocycles. The van der Waals surface area contributed by atoms with Gasteiger partial charge in [0.15, 0.2) is 5.82 Å². The molecule has 3 heterocycles. The molecule has 2 saturated heterocycles. The molecule has 1 unspecified atom stereocenters. The fourth-order valence-electron chi connectivity index (χ4n) is 3.39. The van der Waals surface area contributed by atoms with Gasteiger partial charge in [0, 0.05) is 33.7 Å². The van der Waals surface area contributed by atoms with Gasteiger partial charge in [-0.3, -0.25) is 4.79 Å². The van der Waals surface area contributed by atoms with E-state index in [-0.39, 0.29) is 11.9 Å². The second-order valence-corrected chi connectivity index (χ2v) is 6.36. The number of nitrogens with zero attached hydrogens (tertiary/aromatic N) is 4. The summed E-state index contributed by atoms with van der Waals surface area (Å²) in [6.45, 7) is 2.90. The van der Waals surface area contributed by atoms with Crippen LogP contribution in [0.1, 0.15) is 25.7 Å². The van der Waals surface area contributed by atoms with Gasteiger partial charge >= 0.3 is 0 Å². The molecule has 1 amide bonds. The van der Waals surface area contributed by atoms with Gasteiger partial charge in [-0.15, -0.1) is 0 Å². The highest BCUT2D eigenvalue weighted by molar-refractivity contribution is 5.85. The van der Waals surface area contributed by atoms with Crippen LogP contribution in [0, 0.1) is 0 Å². The maximum atomic E-state index is 12.4. The van der Waals surface area contributed by atoms with E-state index in [1.165, 1.54) is 12.8 Å². The lowest BCUT2D eigenvalue weighted by molar-refractivity contribution is -0.129. The van der Waals surface area contributed by atoms with Gasteiger partial charge in [0.1, 0.15) is 11.9 Å². The van der Waals surface area contributed by atoms with Crippen molar-refractivity contribution in [1.82, 2.24) is 9.88 Å². The molecule has 2 aliphatic rings. The quantitative estimate of drug-likeness (QED) is 0.912. The number of likely N-dealkylation sites (N-methyl/N-ethyl adjacent to an activating group) is 1. The molecule has 0 aromatic carbocycles. The average molecular weight is 303 g/mol. The molecule has 6 nitrogen and oxygen atoms in total. The molecule has 2 fully saturated rings. The van der Waals surface area contributed by atoms with E-state index in [1.807, 2.05) is 26.2 Å². The van der Waals surface area contributed by atoms with Crippen molar-refractivity contribution in [2.75, 3.05) is 49.3 Å². The summed E-state index contributed by atoms with van der Waals surface area (Å²) in [6.07, 6.45) is 4.30. The highest BCUT2D eigenvalue weighted by atomic mass is 16.2. The summed E-state index contributed by atoms with van der Waals surface area (Å²) in [5, 5.41) is 0. The van der Waals surface area contributed by atoms with Crippen molar-refractivity contribution in [1.29, 1.82) is 0 Å². The molecule has 0 aliphatic carbocycles. The van der Waals surface area contributed by atoms with Crippen LogP contribution in [0.25, 0.3) is 0 Å². The molecular weight excluding hydrogens is 278 g/mol. The lowest BCUT2D eigenvalue weighted by Crippen LogP contribution is -2.43. The SMILES string of the molecule is CN(C)C(=O)C1CCCN1c1ccc(N)c(N2CCCC2)n1. The Balaban J connectivity index is 1.87. The maximum absolute atomic E-state index is 12.4. The number of pyridine rings is 1. The van der Waals surface area contributed by atoms with Crippen molar-refractivity contribution in [2.24, 2.45) is 0 Å². The number of amides is 1. The van der Waals surface area contributed by atoms with Crippen LogP contribution < -0.4 is 15.5 Å². The third-order valence-electron chi connectivity index (χ3n) is 4.57. The minimum absolute atomic E-state index is 0.0995. The van der Waals surface area contributed by atoms with Crippen LogP contribution in [0.15, 0.2) is 12.1 Å². The van der Waals surface area contributed by atoms with Crippen molar-refractivity contribution in [2.45, 2.75) is 31.7 Å². The monoisotopic (exact) mass is 303 g/mol. The number of rotatable bonds is 3. The third kappa shape index (κ3) is 2.69. The molecule has 6 heteroatoms. The Labute approximate surface area is 131 Å². The Kier molecular flexibility index (Phi) is 4.09. The molecule has 3 rings (SSSR count). The second kappa shape index (κ2) is 6.02. The molecule has 120 valence electrons. The van der Waals surface area contributed by atoms with Gasteiger partial charge in [0.2, 0.25) is 5.91 Å². The molecule has 22 heavy (non-hydrogen) atoms. The van der Waals surface area contributed by atoms with Crippen LogP contribution in [-0.2, 0) is 4.79 Å². The summed E-state index contributed by atoms with van der Waals surface area (Å²) in [4.78, 5) is 23.2. The fourth-order valence-corrected chi connectivity index (χ4v) is 3.39. The number of carbonyl (C=O) groups is 1. The number of nitrogens with two attached hydrogens (primary N) is 1. The van der Waals surface area contributed by atoms with E-state index in [9.17, 15) is 4.79 Å². The van der Waals surface area contributed by atoms with Gasteiger partial charge in [-0.25, -0.2) is 4.98 Å². The van der Waals surface area contributed by atoms with Crippen LogP contribution in [0.3, 0.4) is 0 Å². The van der Waals surface area contributed by atoms with Crippen molar-refractivity contribution in [3.63, 3.8) is 0 Å². The Bertz CT molecular complexity index is 553. The molecule has 0 bridgehead atoms.